The van der Waals surface area contributed by atoms with Crippen LogP contribution in [-0.2, 0) is 0 Å². The summed E-state index contributed by atoms with van der Waals surface area (Å²) >= 11 is 0. The number of rotatable bonds is 3. The van der Waals surface area contributed by atoms with Crippen molar-refractivity contribution in [3.05, 3.63) is 11.7 Å². The van der Waals surface area contributed by atoms with Crippen LogP contribution in [-0.4, -0.2) is 28.6 Å². The lowest BCUT2D eigenvalue weighted by atomic mass is 9.87. The van der Waals surface area contributed by atoms with E-state index in [1.165, 1.54) is 12.8 Å². The standard InChI is InChI=1S/C14H22N4O2/c1-9-4-6-10(7-5-9)16-13(19)12-17-14(20-18-12)11-3-2-8-15-11/h9-11,15H,2-8H2,1H3,(H,16,19). The van der Waals surface area contributed by atoms with Crippen LogP contribution in [0.2, 0.25) is 0 Å². The molecule has 1 unspecified atom stereocenters. The highest BCUT2D eigenvalue weighted by Crippen LogP contribution is 2.24. The van der Waals surface area contributed by atoms with E-state index in [4.69, 9.17) is 4.52 Å². The molecule has 0 bridgehead atoms. The molecule has 2 N–H and O–H groups in total. The number of amides is 1. The van der Waals surface area contributed by atoms with Crippen LogP contribution in [0, 0.1) is 5.92 Å². The molecular formula is C14H22N4O2. The van der Waals surface area contributed by atoms with Crippen molar-refractivity contribution in [3.63, 3.8) is 0 Å². The summed E-state index contributed by atoms with van der Waals surface area (Å²) < 4.78 is 5.19. The van der Waals surface area contributed by atoms with Crippen molar-refractivity contribution in [1.29, 1.82) is 0 Å². The Morgan fingerprint density at radius 2 is 2.10 bits per heavy atom. The minimum absolute atomic E-state index is 0.111. The van der Waals surface area contributed by atoms with E-state index in [2.05, 4.69) is 27.7 Å². The van der Waals surface area contributed by atoms with E-state index in [0.717, 1.165) is 38.1 Å². The summed E-state index contributed by atoms with van der Waals surface area (Å²) in [5, 5.41) is 10.1. The van der Waals surface area contributed by atoms with E-state index in [-0.39, 0.29) is 23.8 Å². The summed E-state index contributed by atoms with van der Waals surface area (Å²) in [6, 6.07) is 0.366. The monoisotopic (exact) mass is 278 g/mol. The van der Waals surface area contributed by atoms with Crippen molar-refractivity contribution < 1.29 is 9.32 Å². The van der Waals surface area contributed by atoms with Crippen LogP contribution in [0.5, 0.6) is 0 Å². The molecule has 1 atom stereocenters. The minimum atomic E-state index is -0.211. The van der Waals surface area contributed by atoms with Crippen molar-refractivity contribution in [3.8, 4) is 0 Å². The molecular weight excluding hydrogens is 256 g/mol. The summed E-state index contributed by atoms with van der Waals surface area (Å²) in [4.78, 5) is 16.3. The molecule has 2 fully saturated rings. The van der Waals surface area contributed by atoms with E-state index >= 15 is 0 Å². The molecule has 6 heteroatoms. The molecule has 20 heavy (non-hydrogen) atoms. The van der Waals surface area contributed by atoms with Gasteiger partial charge < -0.3 is 15.2 Å². The molecule has 1 saturated heterocycles. The molecule has 2 aliphatic rings. The van der Waals surface area contributed by atoms with E-state index in [9.17, 15) is 4.79 Å². The summed E-state index contributed by atoms with van der Waals surface area (Å²) in [5.74, 6) is 1.25. The number of nitrogens with one attached hydrogen (secondary N) is 2. The Labute approximate surface area is 118 Å². The van der Waals surface area contributed by atoms with E-state index in [0.29, 0.717) is 5.89 Å². The Balaban J connectivity index is 1.57. The largest absolute Gasteiger partial charge is 0.346 e. The van der Waals surface area contributed by atoms with Crippen LogP contribution in [0.1, 0.15) is 68.0 Å². The molecule has 110 valence electrons. The van der Waals surface area contributed by atoms with Crippen molar-refractivity contribution in [2.45, 2.75) is 57.5 Å². The summed E-state index contributed by atoms with van der Waals surface area (Å²) in [6.07, 6.45) is 6.53. The van der Waals surface area contributed by atoms with E-state index in [1.54, 1.807) is 0 Å². The summed E-state index contributed by atoms with van der Waals surface area (Å²) in [6.45, 7) is 3.23. The number of nitrogens with zero attached hydrogens (tertiary/aromatic N) is 2. The second kappa shape index (κ2) is 5.91. The average molecular weight is 278 g/mol. The lowest BCUT2D eigenvalue weighted by Gasteiger charge is -2.26. The predicted octanol–water partition coefficient (Wildman–Crippen LogP) is 1.80. The van der Waals surface area contributed by atoms with Gasteiger partial charge in [-0.15, -0.1) is 0 Å². The summed E-state index contributed by atoms with van der Waals surface area (Å²) in [7, 11) is 0. The lowest BCUT2D eigenvalue weighted by molar-refractivity contribution is 0.0909. The normalized spacial score (nSPS) is 30.4. The number of carbonyl (C=O) groups excluding carboxylic acids is 1. The number of hydrogen-bond acceptors (Lipinski definition) is 5. The van der Waals surface area contributed by atoms with Gasteiger partial charge >= 0.3 is 0 Å². The molecule has 0 radical (unpaired) electrons. The van der Waals surface area contributed by atoms with Crippen LogP contribution in [0.25, 0.3) is 0 Å². The predicted molar refractivity (Wildman–Crippen MR) is 73.2 cm³/mol. The Kier molecular flexibility index (Phi) is 4.00. The number of aromatic nitrogens is 2. The van der Waals surface area contributed by atoms with Gasteiger partial charge in [0.25, 0.3) is 11.7 Å². The fraction of sp³-hybridized carbons (Fsp3) is 0.786. The number of carbonyl (C=O) groups is 1. The average Bonchev–Trinajstić information content (AvgIpc) is 3.11. The van der Waals surface area contributed by atoms with Gasteiger partial charge in [0, 0.05) is 6.04 Å². The molecule has 1 amide bonds. The Morgan fingerprint density at radius 3 is 2.80 bits per heavy atom. The first-order valence-electron chi connectivity index (χ1n) is 7.60. The zero-order valence-electron chi connectivity index (χ0n) is 11.9. The summed E-state index contributed by atoms with van der Waals surface area (Å²) in [5.41, 5.74) is 0. The molecule has 3 rings (SSSR count). The van der Waals surface area contributed by atoms with Gasteiger partial charge in [0.05, 0.1) is 6.04 Å². The molecule has 1 aromatic rings. The highest BCUT2D eigenvalue weighted by molar-refractivity contribution is 5.90. The second-order valence-corrected chi connectivity index (χ2v) is 6.04. The maximum atomic E-state index is 12.1. The van der Waals surface area contributed by atoms with Gasteiger partial charge in [0.15, 0.2) is 0 Å². The van der Waals surface area contributed by atoms with Gasteiger partial charge in [0.1, 0.15) is 0 Å². The Morgan fingerprint density at radius 1 is 1.30 bits per heavy atom. The first-order chi connectivity index (χ1) is 9.72. The zero-order chi connectivity index (χ0) is 13.9. The van der Waals surface area contributed by atoms with Gasteiger partial charge in [-0.25, -0.2) is 0 Å². The highest BCUT2D eigenvalue weighted by atomic mass is 16.5. The van der Waals surface area contributed by atoms with Crippen molar-refractivity contribution >= 4 is 5.91 Å². The third-order valence-corrected chi connectivity index (χ3v) is 4.35. The quantitative estimate of drug-likeness (QED) is 0.881. The van der Waals surface area contributed by atoms with Gasteiger partial charge in [-0.3, -0.25) is 4.79 Å². The number of hydrogen-bond donors (Lipinski definition) is 2. The van der Waals surface area contributed by atoms with Crippen molar-refractivity contribution in [1.82, 2.24) is 20.8 Å². The molecule has 1 aromatic heterocycles. The Hall–Kier alpha value is -1.43. The first-order valence-corrected chi connectivity index (χ1v) is 7.60. The van der Waals surface area contributed by atoms with E-state index in [1.807, 2.05) is 0 Å². The lowest BCUT2D eigenvalue weighted by Crippen LogP contribution is -2.37. The fourth-order valence-corrected chi connectivity index (χ4v) is 3.02. The van der Waals surface area contributed by atoms with E-state index < -0.39 is 0 Å². The van der Waals surface area contributed by atoms with Crippen molar-refractivity contribution in [2.24, 2.45) is 5.92 Å². The molecule has 1 aliphatic heterocycles. The fourth-order valence-electron chi connectivity index (χ4n) is 3.02. The van der Waals surface area contributed by atoms with Gasteiger partial charge in [-0.05, 0) is 51.0 Å². The molecule has 1 aliphatic carbocycles. The van der Waals surface area contributed by atoms with Crippen LogP contribution >= 0.6 is 0 Å². The van der Waals surface area contributed by atoms with Gasteiger partial charge in [0.2, 0.25) is 5.89 Å². The first kappa shape index (κ1) is 13.5. The molecule has 0 spiro atoms. The molecule has 1 saturated carbocycles. The van der Waals surface area contributed by atoms with Crippen LogP contribution in [0.15, 0.2) is 4.52 Å². The smallest absolute Gasteiger partial charge is 0.292 e. The minimum Gasteiger partial charge on any atom is -0.346 e. The molecule has 6 nitrogen and oxygen atoms in total. The SMILES string of the molecule is CC1CCC(NC(=O)c2noc(C3CCCN3)n2)CC1. The third-order valence-electron chi connectivity index (χ3n) is 4.35. The molecule has 0 aromatic carbocycles. The Bertz CT molecular complexity index is 459. The maximum Gasteiger partial charge on any atom is 0.292 e. The molecule has 2 heterocycles. The van der Waals surface area contributed by atoms with Crippen LogP contribution in [0.4, 0.5) is 0 Å². The second-order valence-electron chi connectivity index (χ2n) is 6.04. The zero-order valence-corrected chi connectivity index (χ0v) is 11.9. The van der Waals surface area contributed by atoms with Gasteiger partial charge in [-0.1, -0.05) is 12.1 Å². The van der Waals surface area contributed by atoms with Crippen LogP contribution in [0.3, 0.4) is 0 Å². The topological polar surface area (TPSA) is 80.0 Å². The highest BCUT2D eigenvalue weighted by Gasteiger charge is 2.26. The maximum absolute atomic E-state index is 12.1. The third kappa shape index (κ3) is 3.00. The van der Waals surface area contributed by atoms with Crippen LogP contribution < -0.4 is 10.6 Å². The van der Waals surface area contributed by atoms with Gasteiger partial charge in [-0.2, -0.15) is 4.98 Å². The van der Waals surface area contributed by atoms with Crippen molar-refractivity contribution in [2.75, 3.05) is 6.54 Å².